The smallest absolute Gasteiger partial charge is 0.234 e. The summed E-state index contributed by atoms with van der Waals surface area (Å²) in [6.45, 7) is 5.48. The van der Waals surface area contributed by atoms with E-state index in [2.05, 4.69) is 15.5 Å². The second-order valence-corrected chi connectivity index (χ2v) is 4.63. The first-order valence-electron chi connectivity index (χ1n) is 6.04. The molecular formula is C11H21N3O. The first kappa shape index (κ1) is 10.9. The zero-order chi connectivity index (χ0) is 10.5. The van der Waals surface area contributed by atoms with Gasteiger partial charge in [0.15, 0.2) is 0 Å². The Morgan fingerprint density at radius 1 is 1.33 bits per heavy atom. The Bertz CT molecular complexity index is 210. The quantitative estimate of drug-likeness (QED) is 0.677. The molecule has 0 aromatic rings. The van der Waals surface area contributed by atoms with E-state index < -0.39 is 0 Å². The second kappa shape index (κ2) is 5.47. The Balaban J connectivity index is 1.58. The van der Waals surface area contributed by atoms with Crippen molar-refractivity contribution < 1.29 is 4.79 Å². The molecule has 1 amide bonds. The molecule has 2 aliphatic rings. The van der Waals surface area contributed by atoms with E-state index in [1.165, 1.54) is 19.3 Å². The van der Waals surface area contributed by atoms with Crippen molar-refractivity contribution in [1.29, 1.82) is 0 Å². The van der Waals surface area contributed by atoms with Gasteiger partial charge < -0.3 is 10.6 Å². The highest BCUT2D eigenvalue weighted by atomic mass is 16.2. The van der Waals surface area contributed by atoms with Gasteiger partial charge in [0.1, 0.15) is 0 Å². The second-order valence-electron chi connectivity index (χ2n) is 4.63. The lowest BCUT2D eigenvalue weighted by atomic mass is 9.85. The molecule has 15 heavy (non-hydrogen) atoms. The highest BCUT2D eigenvalue weighted by Gasteiger charge is 2.19. The number of carbonyl (C=O) groups excluding carboxylic acids is 1. The van der Waals surface area contributed by atoms with Crippen LogP contribution in [-0.4, -0.2) is 50.1 Å². The third kappa shape index (κ3) is 3.47. The minimum atomic E-state index is 0.198. The van der Waals surface area contributed by atoms with Crippen LogP contribution in [0.4, 0.5) is 0 Å². The molecule has 0 unspecified atom stereocenters. The summed E-state index contributed by atoms with van der Waals surface area (Å²) in [5.74, 6) is 0.959. The fourth-order valence-corrected chi connectivity index (χ4v) is 2.08. The van der Waals surface area contributed by atoms with Gasteiger partial charge in [-0.25, -0.2) is 0 Å². The molecule has 4 nitrogen and oxygen atoms in total. The van der Waals surface area contributed by atoms with Crippen LogP contribution < -0.4 is 10.6 Å². The van der Waals surface area contributed by atoms with E-state index >= 15 is 0 Å². The molecular weight excluding hydrogens is 190 g/mol. The van der Waals surface area contributed by atoms with Gasteiger partial charge in [0.2, 0.25) is 5.91 Å². The van der Waals surface area contributed by atoms with Crippen molar-refractivity contribution in [1.82, 2.24) is 15.5 Å². The minimum absolute atomic E-state index is 0.198. The van der Waals surface area contributed by atoms with E-state index in [-0.39, 0.29) is 5.91 Å². The Morgan fingerprint density at radius 2 is 2.07 bits per heavy atom. The van der Waals surface area contributed by atoms with Crippen molar-refractivity contribution in [2.24, 2.45) is 5.92 Å². The summed E-state index contributed by atoms with van der Waals surface area (Å²) in [5, 5.41) is 6.31. The van der Waals surface area contributed by atoms with E-state index in [1.807, 2.05) is 0 Å². The lowest BCUT2D eigenvalue weighted by molar-refractivity contribution is -0.122. The van der Waals surface area contributed by atoms with Crippen molar-refractivity contribution >= 4 is 5.91 Å². The van der Waals surface area contributed by atoms with Gasteiger partial charge in [-0.3, -0.25) is 9.69 Å². The average molecular weight is 211 g/mol. The van der Waals surface area contributed by atoms with Crippen molar-refractivity contribution in [3.05, 3.63) is 0 Å². The number of hydrogen-bond acceptors (Lipinski definition) is 3. The molecule has 0 atom stereocenters. The van der Waals surface area contributed by atoms with Crippen molar-refractivity contribution in [2.45, 2.75) is 19.3 Å². The third-order valence-electron chi connectivity index (χ3n) is 3.39. The van der Waals surface area contributed by atoms with Crippen LogP contribution in [0.2, 0.25) is 0 Å². The maximum atomic E-state index is 11.6. The van der Waals surface area contributed by atoms with E-state index in [1.54, 1.807) is 0 Å². The van der Waals surface area contributed by atoms with Gasteiger partial charge in [0, 0.05) is 32.7 Å². The standard InChI is InChI=1S/C11H21N3O/c15-11(13-8-10-2-1-3-10)9-14-6-4-12-5-7-14/h10,12H,1-9H2,(H,13,15). The Morgan fingerprint density at radius 3 is 2.67 bits per heavy atom. The van der Waals surface area contributed by atoms with Crippen molar-refractivity contribution in [2.75, 3.05) is 39.3 Å². The van der Waals surface area contributed by atoms with Crippen LogP contribution in [0.5, 0.6) is 0 Å². The summed E-state index contributed by atoms with van der Waals surface area (Å²) in [6, 6.07) is 0. The average Bonchev–Trinajstić information content (AvgIpc) is 2.17. The summed E-state index contributed by atoms with van der Waals surface area (Å²) < 4.78 is 0. The minimum Gasteiger partial charge on any atom is -0.355 e. The molecule has 86 valence electrons. The Kier molecular flexibility index (Phi) is 3.97. The molecule has 1 saturated heterocycles. The molecule has 0 aromatic carbocycles. The molecule has 1 aliphatic heterocycles. The fraction of sp³-hybridized carbons (Fsp3) is 0.909. The summed E-state index contributed by atoms with van der Waals surface area (Å²) in [6.07, 6.45) is 3.94. The number of amides is 1. The van der Waals surface area contributed by atoms with Gasteiger partial charge in [-0.1, -0.05) is 6.42 Å². The van der Waals surface area contributed by atoms with Gasteiger partial charge in [0.05, 0.1) is 6.54 Å². The normalized spacial score (nSPS) is 23.5. The zero-order valence-corrected chi connectivity index (χ0v) is 9.30. The highest BCUT2D eigenvalue weighted by Crippen LogP contribution is 2.24. The van der Waals surface area contributed by atoms with Crippen LogP contribution in [0.1, 0.15) is 19.3 Å². The van der Waals surface area contributed by atoms with Crippen LogP contribution >= 0.6 is 0 Å². The van der Waals surface area contributed by atoms with E-state index in [0.29, 0.717) is 6.54 Å². The molecule has 1 heterocycles. The first-order chi connectivity index (χ1) is 7.34. The third-order valence-corrected chi connectivity index (χ3v) is 3.39. The number of nitrogens with one attached hydrogen (secondary N) is 2. The van der Waals surface area contributed by atoms with Gasteiger partial charge in [-0.05, 0) is 18.8 Å². The van der Waals surface area contributed by atoms with Crippen molar-refractivity contribution in [3.63, 3.8) is 0 Å². The molecule has 1 saturated carbocycles. The fourth-order valence-electron chi connectivity index (χ4n) is 2.08. The molecule has 2 rings (SSSR count). The lowest BCUT2D eigenvalue weighted by Crippen LogP contribution is -2.48. The van der Waals surface area contributed by atoms with Crippen molar-refractivity contribution in [3.8, 4) is 0 Å². The summed E-state index contributed by atoms with van der Waals surface area (Å²) in [7, 11) is 0. The SMILES string of the molecule is O=C(CN1CCNCC1)NCC1CCC1. The number of rotatable bonds is 4. The van der Waals surface area contributed by atoms with E-state index in [9.17, 15) is 4.79 Å². The molecule has 2 N–H and O–H groups in total. The highest BCUT2D eigenvalue weighted by molar-refractivity contribution is 5.78. The molecule has 1 aliphatic carbocycles. The van der Waals surface area contributed by atoms with E-state index in [4.69, 9.17) is 0 Å². The zero-order valence-electron chi connectivity index (χ0n) is 9.30. The first-order valence-corrected chi connectivity index (χ1v) is 6.04. The summed E-state index contributed by atoms with van der Waals surface area (Å²) in [5.41, 5.74) is 0. The molecule has 4 heteroatoms. The van der Waals surface area contributed by atoms with Gasteiger partial charge in [0.25, 0.3) is 0 Å². The van der Waals surface area contributed by atoms with Gasteiger partial charge in [-0.15, -0.1) is 0 Å². The number of carbonyl (C=O) groups is 1. The summed E-state index contributed by atoms with van der Waals surface area (Å²) in [4.78, 5) is 13.8. The number of piperazine rings is 1. The monoisotopic (exact) mass is 211 g/mol. The molecule has 0 spiro atoms. The van der Waals surface area contributed by atoms with Crippen LogP contribution in [0.15, 0.2) is 0 Å². The Hall–Kier alpha value is -0.610. The number of nitrogens with zero attached hydrogens (tertiary/aromatic N) is 1. The van der Waals surface area contributed by atoms with Gasteiger partial charge >= 0.3 is 0 Å². The van der Waals surface area contributed by atoms with Crippen LogP contribution in [-0.2, 0) is 4.79 Å². The maximum Gasteiger partial charge on any atom is 0.234 e. The maximum absolute atomic E-state index is 11.6. The number of hydrogen-bond donors (Lipinski definition) is 2. The predicted molar refractivity (Wildman–Crippen MR) is 59.7 cm³/mol. The predicted octanol–water partition coefficient (Wildman–Crippen LogP) is -0.192. The molecule has 0 aromatic heterocycles. The van der Waals surface area contributed by atoms with Crippen LogP contribution in [0, 0.1) is 5.92 Å². The Labute approximate surface area is 91.4 Å². The summed E-state index contributed by atoms with van der Waals surface area (Å²) >= 11 is 0. The van der Waals surface area contributed by atoms with E-state index in [0.717, 1.165) is 38.6 Å². The topological polar surface area (TPSA) is 44.4 Å². The molecule has 2 fully saturated rings. The van der Waals surface area contributed by atoms with Crippen LogP contribution in [0.3, 0.4) is 0 Å². The van der Waals surface area contributed by atoms with Gasteiger partial charge in [-0.2, -0.15) is 0 Å². The van der Waals surface area contributed by atoms with Crippen LogP contribution in [0.25, 0.3) is 0 Å². The molecule has 0 radical (unpaired) electrons. The lowest BCUT2D eigenvalue weighted by Gasteiger charge is -2.28. The molecule has 0 bridgehead atoms. The largest absolute Gasteiger partial charge is 0.355 e.